The smallest absolute Gasteiger partial charge is 0.187 e. The van der Waals surface area contributed by atoms with Gasteiger partial charge in [0.15, 0.2) is 9.84 Å². The van der Waals surface area contributed by atoms with Crippen molar-refractivity contribution in [1.82, 2.24) is 0 Å². The van der Waals surface area contributed by atoms with Crippen LogP contribution in [0.3, 0.4) is 0 Å². The predicted molar refractivity (Wildman–Crippen MR) is 74.7 cm³/mol. The molecular formula is C14H20O4S. The van der Waals surface area contributed by atoms with Gasteiger partial charge in [0, 0.05) is 0 Å². The van der Waals surface area contributed by atoms with E-state index in [0.717, 1.165) is 5.56 Å². The minimum absolute atomic E-state index is 0.106. The number of aryl methyl sites for hydroxylation is 1. The summed E-state index contributed by atoms with van der Waals surface area (Å²) >= 11 is 0. The molecule has 0 aliphatic rings. The van der Waals surface area contributed by atoms with E-state index in [1.807, 2.05) is 6.92 Å². The highest BCUT2D eigenvalue weighted by Crippen LogP contribution is 2.25. The highest BCUT2D eigenvalue weighted by Gasteiger charge is 2.34. The minimum Gasteiger partial charge on any atom is -0.392 e. The normalized spacial score (nSPS) is 14.9. The summed E-state index contributed by atoms with van der Waals surface area (Å²) in [7, 11) is -3.75. The third-order valence-electron chi connectivity index (χ3n) is 3.06. The van der Waals surface area contributed by atoms with E-state index in [9.17, 15) is 13.5 Å². The summed E-state index contributed by atoms with van der Waals surface area (Å²) in [5.74, 6) is 0. The molecule has 2 atom stereocenters. The summed E-state index contributed by atoms with van der Waals surface area (Å²) in [6, 6.07) is 6.41. The van der Waals surface area contributed by atoms with E-state index in [1.165, 1.54) is 12.1 Å². The molecule has 1 aromatic rings. The van der Waals surface area contributed by atoms with Gasteiger partial charge in [-0.05, 0) is 31.1 Å². The lowest BCUT2D eigenvalue weighted by molar-refractivity contribution is 0.167. The number of hydrogen-bond acceptors (Lipinski definition) is 4. The molecule has 5 heteroatoms. The fourth-order valence-corrected chi connectivity index (χ4v) is 3.80. The molecule has 2 N–H and O–H groups in total. The van der Waals surface area contributed by atoms with Crippen molar-refractivity contribution in [1.29, 1.82) is 0 Å². The first-order chi connectivity index (χ1) is 8.84. The second-order valence-electron chi connectivity index (χ2n) is 4.57. The monoisotopic (exact) mass is 284 g/mol. The largest absolute Gasteiger partial charge is 0.392 e. The Labute approximate surface area is 114 Å². The number of aliphatic hydroxyl groups is 2. The average Bonchev–Trinajstić information content (AvgIpc) is 2.38. The quantitative estimate of drug-likeness (QED) is 0.776. The molecule has 0 saturated heterocycles. The van der Waals surface area contributed by atoms with Crippen LogP contribution in [-0.2, 0) is 9.84 Å². The maximum Gasteiger partial charge on any atom is 0.187 e. The van der Waals surface area contributed by atoms with Gasteiger partial charge in [0.1, 0.15) is 5.25 Å². The molecule has 0 unspecified atom stereocenters. The van der Waals surface area contributed by atoms with Crippen molar-refractivity contribution < 1.29 is 18.6 Å². The van der Waals surface area contributed by atoms with Gasteiger partial charge >= 0.3 is 0 Å². The van der Waals surface area contributed by atoms with Crippen LogP contribution in [0.1, 0.15) is 18.9 Å². The maximum atomic E-state index is 12.5. The molecule has 1 aromatic carbocycles. The Morgan fingerprint density at radius 1 is 1.32 bits per heavy atom. The first-order valence-corrected chi connectivity index (χ1v) is 7.66. The van der Waals surface area contributed by atoms with Crippen LogP contribution in [0.15, 0.2) is 41.3 Å². The van der Waals surface area contributed by atoms with Crippen LogP contribution in [0.5, 0.6) is 0 Å². The molecule has 0 amide bonds. The lowest BCUT2D eigenvalue weighted by Gasteiger charge is -2.23. The van der Waals surface area contributed by atoms with Crippen LogP contribution in [0.2, 0.25) is 0 Å². The Morgan fingerprint density at radius 2 is 1.84 bits per heavy atom. The van der Waals surface area contributed by atoms with Gasteiger partial charge < -0.3 is 10.2 Å². The Morgan fingerprint density at radius 3 is 2.26 bits per heavy atom. The van der Waals surface area contributed by atoms with E-state index < -0.39 is 27.8 Å². The molecule has 0 aliphatic carbocycles. The molecule has 0 saturated carbocycles. The summed E-state index contributed by atoms with van der Waals surface area (Å²) in [4.78, 5) is 0.130. The summed E-state index contributed by atoms with van der Waals surface area (Å²) in [6.07, 6.45) is -0.805. The molecule has 1 rings (SSSR count). The Hall–Kier alpha value is -1.17. The van der Waals surface area contributed by atoms with E-state index >= 15 is 0 Å². The predicted octanol–water partition coefficient (Wildman–Crippen LogP) is 1.46. The van der Waals surface area contributed by atoms with Gasteiger partial charge in [-0.3, -0.25) is 0 Å². The fraction of sp³-hybridized carbons (Fsp3) is 0.429. The number of hydrogen-bond donors (Lipinski definition) is 2. The summed E-state index contributed by atoms with van der Waals surface area (Å²) in [5, 5.41) is 17.9. The molecule has 0 bridgehead atoms. The molecule has 106 valence electrons. The van der Waals surface area contributed by atoms with Gasteiger partial charge in [0.05, 0.1) is 17.6 Å². The van der Waals surface area contributed by atoms with Crippen LogP contribution in [0.4, 0.5) is 0 Å². The highest BCUT2D eigenvalue weighted by molar-refractivity contribution is 7.92. The van der Waals surface area contributed by atoms with Crippen molar-refractivity contribution in [3.8, 4) is 0 Å². The summed E-state index contributed by atoms with van der Waals surface area (Å²) < 4.78 is 25.0. The van der Waals surface area contributed by atoms with E-state index in [4.69, 9.17) is 5.11 Å². The topological polar surface area (TPSA) is 74.6 Å². The Bertz CT molecular complexity index is 531. The van der Waals surface area contributed by atoms with E-state index in [-0.39, 0.29) is 16.9 Å². The SMILES string of the molecule is C=C(CO)[C@@H]([C@H](O)CC)S(=O)(=O)c1ccc(C)cc1. The lowest BCUT2D eigenvalue weighted by Crippen LogP contribution is -2.36. The van der Waals surface area contributed by atoms with Gasteiger partial charge in [-0.1, -0.05) is 31.2 Å². The van der Waals surface area contributed by atoms with Crippen LogP contribution < -0.4 is 0 Å². The zero-order valence-electron chi connectivity index (χ0n) is 11.2. The second kappa shape index (κ2) is 6.32. The van der Waals surface area contributed by atoms with Crippen LogP contribution in [0.25, 0.3) is 0 Å². The molecule has 0 aromatic heterocycles. The van der Waals surface area contributed by atoms with Crippen molar-refractivity contribution in [3.05, 3.63) is 42.0 Å². The van der Waals surface area contributed by atoms with E-state index in [1.54, 1.807) is 19.1 Å². The lowest BCUT2D eigenvalue weighted by atomic mass is 10.1. The van der Waals surface area contributed by atoms with Gasteiger partial charge in [0.25, 0.3) is 0 Å². The minimum atomic E-state index is -3.75. The van der Waals surface area contributed by atoms with Crippen molar-refractivity contribution >= 4 is 9.84 Å². The standard InChI is InChI=1S/C14H20O4S/c1-4-13(16)14(11(3)9-15)19(17,18)12-7-5-10(2)6-8-12/h5-8,13-16H,3-4,9H2,1-2H3/t13-,14+/m1/s1. The maximum absolute atomic E-state index is 12.5. The van der Waals surface area contributed by atoms with Crippen molar-refractivity contribution in [3.63, 3.8) is 0 Å². The molecule has 0 spiro atoms. The zero-order chi connectivity index (χ0) is 14.6. The number of benzene rings is 1. The van der Waals surface area contributed by atoms with Crippen molar-refractivity contribution in [2.45, 2.75) is 36.5 Å². The van der Waals surface area contributed by atoms with Gasteiger partial charge in [-0.25, -0.2) is 8.42 Å². The van der Waals surface area contributed by atoms with Gasteiger partial charge in [0.2, 0.25) is 0 Å². The van der Waals surface area contributed by atoms with Gasteiger partial charge in [-0.2, -0.15) is 0 Å². The Kier molecular flexibility index (Phi) is 5.29. The number of aliphatic hydroxyl groups excluding tert-OH is 2. The van der Waals surface area contributed by atoms with Crippen molar-refractivity contribution in [2.75, 3.05) is 6.61 Å². The Balaban J connectivity index is 3.27. The molecule has 19 heavy (non-hydrogen) atoms. The average molecular weight is 284 g/mol. The summed E-state index contributed by atoms with van der Waals surface area (Å²) in [5.41, 5.74) is 1.06. The number of sulfone groups is 1. The molecule has 4 nitrogen and oxygen atoms in total. The third kappa shape index (κ3) is 3.43. The molecule has 0 aliphatic heterocycles. The first-order valence-electron chi connectivity index (χ1n) is 6.11. The molecule has 0 radical (unpaired) electrons. The van der Waals surface area contributed by atoms with Crippen LogP contribution >= 0.6 is 0 Å². The second-order valence-corrected chi connectivity index (χ2v) is 6.64. The fourth-order valence-electron chi connectivity index (χ4n) is 1.88. The van der Waals surface area contributed by atoms with Crippen molar-refractivity contribution in [2.24, 2.45) is 0 Å². The first kappa shape index (κ1) is 15.9. The van der Waals surface area contributed by atoms with Gasteiger partial charge in [-0.15, -0.1) is 0 Å². The number of rotatable bonds is 6. The molecule has 0 fully saturated rings. The van der Waals surface area contributed by atoms with Crippen LogP contribution in [-0.4, -0.2) is 36.6 Å². The van der Waals surface area contributed by atoms with E-state index in [0.29, 0.717) is 0 Å². The third-order valence-corrected chi connectivity index (χ3v) is 5.30. The molecule has 0 heterocycles. The summed E-state index contributed by atoms with van der Waals surface area (Å²) in [6.45, 7) is 6.65. The zero-order valence-corrected chi connectivity index (χ0v) is 12.0. The van der Waals surface area contributed by atoms with E-state index in [2.05, 4.69) is 6.58 Å². The van der Waals surface area contributed by atoms with Crippen LogP contribution in [0, 0.1) is 6.92 Å². The molecular weight excluding hydrogens is 264 g/mol. The highest BCUT2D eigenvalue weighted by atomic mass is 32.2.